The number of halogens is 6. The minimum atomic E-state index is -6.27. The Morgan fingerprint density at radius 1 is 0.514 bits per heavy atom. The molecule has 0 heterocycles. The van der Waals surface area contributed by atoms with Gasteiger partial charge in [-0.1, -0.05) is 12.1 Å². The molecule has 0 aromatic heterocycles. The van der Waals surface area contributed by atoms with E-state index in [0.29, 0.717) is 0 Å². The lowest BCUT2D eigenvalue weighted by Gasteiger charge is -2.38. The van der Waals surface area contributed by atoms with Gasteiger partial charge in [-0.2, -0.15) is 26.3 Å². The highest BCUT2D eigenvalue weighted by Gasteiger charge is 2.72. The zero-order valence-electron chi connectivity index (χ0n) is 16.7. The van der Waals surface area contributed by atoms with Gasteiger partial charge in [-0.25, -0.2) is 19.2 Å². The number of benzene rings is 2. The highest BCUT2D eigenvalue weighted by Crippen LogP contribution is 2.56. The second-order valence-electron chi connectivity index (χ2n) is 6.49. The molecule has 10 nitrogen and oxygen atoms in total. The van der Waals surface area contributed by atoms with Gasteiger partial charge in [0.1, 0.15) is 0 Å². The maximum Gasteiger partial charge on any atom is 0.411 e. The first-order valence-corrected chi connectivity index (χ1v) is 8.32. The molecule has 0 aliphatic heterocycles. The van der Waals surface area contributed by atoms with Crippen molar-refractivity contribution in [2.45, 2.75) is 17.8 Å². The normalized spacial score (nSPS) is 11.6. The summed E-state index contributed by atoms with van der Waals surface area (Å²) in [5, 5.41) is 36.2. The van der Waals surface area contributed by atoms with Crippen molar-refractivity contribution >= 4 is 23.9 Å². The number of hydrogen-bond acceptors (Lipinski definition) is 4. The summed E-state index contributed by atoms with van der Waals surface area (Å²) in [4.78, 5) is 45.0. The quantitative estimate of drug-likeness (QED) is 0.417. The fraction of sp³-hybridized carbons (Fsp3) is 0.158. The molecule has 0 saturated heterocycles. The summed E-state index contributed by atoms with van der Waals surface area (Å²) in [6.07, 6.45) is -12.5. The van der Waals surface area contributed by atoms with E-state index in [1.807, 2.05) is 0 Å². The van der Waals surface area contributed by atoms with Crippen LogP contribution in [0.2, 0.25) is 0 Å². The third kappa shape index (κ3) is 5.02. The number of aromatic carboxylic acids is 4. The fourth-order valence-electron chi connectivity index (χ4n) is 3.26. The van der Waals surface area contributed by atoms with Gasteiger partial charge in [-0.05, 0) is 35.4 Å². The van der Waals surface area contributed by atoms with E-state index in [4.69, 9.17) is 20.4 Å². The fourth-order valence-corrected chi connectivity index (χ4v) is 3.26. The van der Waals surface area contributed by atoms with Crippen molar-refractivity contribution in [3.05, 3.63) is 69.8 Å². The van der Waals surface area contributed by atoms with E-state index in [2.05, 4.69) is 0 Å². The second kappa shape index (κ2) is 9.98. The summed E-state index contributed by atoms with van der Waals surface area (Å²) in [6.45, 7) is 0. The first-order chi connectivity index (χ1) is 15.0. The molecular formula is C19H14F6O10. The molecule has 0 fully saturated rings. The Balaban J connectivity index is 0.00000578. The summed E-state index contributed by atoms with van der Waals surface area (Å²) in [7, 11) is 0. The average molecular weight is 516 g/mol. The van der Waals surface area contributed by atoms with Crippen molar-refractivity contribution in [2.75, 3.05) is 0 Å². The first-order valence-electron chi connectivity index (χ1n) is 8.32. The van der Waals surface area contributed by atoms with Gasteiger partial charge >= 0.3 is 36.2 Å². The molecule has 2 aromatic rings. The van der Waals surface area contributed by atoms with Crippen LogP contribution in [0.1, 0.15) is 52.6 Å². The maximum absolute atomic E-state index is 14.2. The lowest BCUT2D eigenvalue weighted by atomic mass is 9.71. The summed E-state index contributed by atoms with van der Waals surface area (Å²) in [5.74, 6) is -8.16. The molecule has 0 saturated carbocycles. The molecule has 192 valence electrons. The molecule has 35 heavy (non-hydrogen) atoms. The van der Waals surface area contributed by atoms with Crippen LogP contribution in [-0.4, -0.2) is 67.6 Å². The van der Waals surface area contributed by atoms with Crippen LogP contribution in [0.3, 0.4) is 0 Å². The van der Waals surface area contributed by atoms with E-state index in [0.717, 1.165) is 0 Å². The van der Waals surface area contributed by atoms with E-state index >= 15 is 0 Å². The Labute approximate surface area is 189 Å². The van der Waals surface area contributed by atoms with Gasteiger partial charge in [0.25, 0.3) is 0 Å². The largest absolute Gasteiger partial charge is 0.478 e. The highest BCUT2D eigenvalue weighted by atomic mass is 19.4. The van der Waals surface area contributed by atoms with E-state index in [9.17, 15) is 45.5 Å². The molecule has 0 atom stereocenters. The van der Waals surface area contributed by atoms with Crippen molar-refractivity contribution in [2.24, 2.45) is 0 Å². The van der Waals surface area contributed by atoms with Crippen LogP contribution in [-0.2, 0) is 5.41 Å². The van der Waals surface area contributed by atoms with Gasteiger partial charge in [0.2, 0.25) is 5.41 Å². The van der Waals surface area contributed by atoms with Gasteiger partial charge in [-0.3, -0.25) is 0 Å². The molecule has 0 aliphatic rings. The van der Waals surface area contributed by atoms with Crippen LogP contribution < -0.4 is 0 Å². The maximum atomic E-state index is 14.2. The summed E-state index contributed by atoms with van der Waals surface area (Å²) in [6, 6.07) is 0.412. The minimum Gasteiger partial charge on any atom is -0.478 e. The van der Waals surface area contributed by atoms with Gasteiger partial charge in [0.15, 0.2) is 0 Å². The van der Waals surface area contributed by atoms with Crippen LogP contribution >= 0.6 is 0 Å². The summed E-state index contributed by atoms with van der Waals surface area (Å²) >= 11 is 0. The number of hydrogen-bond donors (Lipinski definition) is 4. The van der Waals surface area contributed by atoms with Crippen LogP contribution in [0.5, 0.6) is 0 Å². The lowest BCUT2D eigenvalue weighted by molar-refractivity contribution is -0.288. The van der Waals surface area contributed by atoms with Crippen LogP contribution in [0.4, 0.5) is 26.3 Å². The number of carboxylic acids is 4. The monoisotopic (exact) mass is 516 g/mol. The third-order valence-corrected chi connectivity index (χ3v) is 4.68. The summed E-state index contributed by atoms with van der Waals surface area (Å²) < 4.78 is 85.1. The average Bonchev–Trinajstić information content (AvgIpc) is 2.65. The Morgan fingerprint density at radius 3 is 0.971 bits per heavy atom. The number of carboxylic acid groups (broad SMARTS) is 4. The van der Waals surface area contributed by atoms with Crippen molar-refractivity contribution in [3.8, 4) is 0 Å². The molecule has 0 radical (unpaired) electrons. The smallest absolute Gasteiger partial charge is 0.411 e. The lowest BCUT2D eigenvalue weighted by Crippen LogP contribution is -2.55. The Hall–Kier alpha value is -4.18. The molecule has 2 aromatic carbocycles. The topological polar surface area (TPSA) is 212 Å². The van der Waals surface area contributed by atoms with Gasteiger partial charge in [-0.15, -0.1) is 0 Å². The molecule has 2 rings (SSSR count). The molecule has 0 aliphatic carbocycles. The molecule has 0 spiro atoms. The number of rotatable bonds is 6. The van der Waals surface area contributed by atoms with Gasteiger partial charge in [0.05, 0.1) is 22.3 Å². The molecule has 8 N–H and O–H groups in total. The Morgan fingerprint density at radius 2 is 0.771 bits per heavy atom. The minimum absolute atomic E-state index is 0. The predicted molar refractivity (Wildman–Crippen MR) is 101 cm³/mol. The van der Waals surface area contributed by atoms with E-state index in [1.165, 1.54) is 0 Å². The number of carbonyl (C=O) groups is 4. The summed E-state index contributed by atoms with van der Waals surface area (Å²) in [5.41, 5.74) is -13.6. The zero-order chi connectivity index (χ0) is 25.5. The van der Waals surface area contributed by atoms with E-state index < -0.39 is 75.0 Å². The molecular weight excluding hydrogens is 502 g/mol. The van der Waals surface area contributed by atoms with Gasteiger partial charge in [0, 0.05) is 0 Å². The van der Waals surface area contributed by atoms with Crippen LogP contribution in [0, 0.1) is 0 Å². The number of alkyl halides is 6. The van der Waals surface area contributed by atoms with Crippen molar-refractivity contribution in [1.82, 2.24) is 0 Å². The third-order valence-electron chi connectivity index (χ3n) is 4.68. The molecule has 0 bridgehead atoms. The first kappa shape index (κ1) is 30.8. The SMILES string of the molecule is O.O.O=C(O)c1ccc(C(c2ccc(C(=O)O)c(C(=O)O)c2)(C(F)(F)F)C(F)(F)F)cc1C(=O)O. The molecule has 0 amide bonds. The second-order valence-corrected chi connectivity index (χ2v) is 6.49. The highest BCUT2D eigenvalue weighted by molar-refractivity contribution is 6.02. The molecule has 16 heteroatoms. The predicted octanol–water partition coefficient (Wildman–Crippen LogP) is 2.24. The Bertz CT molecular complexity index is 1080. The standard InChI is InChI=1S/C19H10F6O8.2H2O/c20-18(21,22)17(19(23,24)25,7-1-3-9(13(26)27)11(5-7)15(30)31)8-2-4-10(14(28)29)12(6-8)16(32)33;;/h1-6H,(H,26,27)(H,28,29)(H,30,31)(H,32,33);2*1H2. The van der Waals surface area contributed by atoms with Crippen LogP contribution in [0.25, 0.3) is 0 Å². The van der Waals surface area contributed by atoms with E-state index in [-0.39, 0.29) is 47.4 Å². The zero-order valence-corrected chi connectivity index (χ0v) is 16.7. The Kier molecular flexibility index (Phi) is 8.79. The van der Waals surface area contributed by atoms with Crippen LogP contribution in [0.15, 0.2) is 36.4 Å². The van der Waals surface area contributed by atoms with Gasteiger partial charge < -0.3 is 31.4 Å². The van der Waals surface area contributed by atoms with Crippen molar-refractivity contribution in [1.29, 1.82) is 0 Å². The van der Waals surface area contributed by atoms with Crippen molar-refractivity contribution in [3.63, 3.8) is 0 Å². The van der Waals surface area contributed by atoms with E-state index in [1.54, 1.807) is 0 Å². The molecule has 0 unspecified atom stereocenters. The van der Waals surface area contributed by atoms with Crippen molar-refractivity contribution < 1.29 is 76.9 Å².